The van der Waals surface area contributed by atoms with E-state index in [9.17, 15) is 0 Å². The molecule has 1 aromatic heterocycles. The average molecular weight is 364 g/mol. The molecule has 1 heterocycles. The maximum absolute atomic E-state index is 4.48. The number of hydrogen-bond donors (Lipinski definition) is 0. The van der Waals surface area contributed by atoms with E-state index >= 15 is 0 Å². The van der Waals surface area contributed by atoms with Crippen LogP contribution in [0.15, 0.2) is 60.8 Å². The van der Waals surface area contributed by atoms with Crippen molar-refractivity contribution in [1.82, 2.24) is 9.88 Å². The first-order chi connectivity index (χ1) is 9.13. The van der Waals surface area contributed by atoms with Crippen LogP contribution in [0.2, 0.25) is 0 Å². The summed E-state index contributed by atoms with van der Waals surface area (Å²) in [6.45, 7) is 0. The third-order valence-electron chi connectivity index (χ3n) is 2.97. The molecule has 1 atom stereocenters. The number of nitrogens with zero attached hydrogens (tertiary/aromatic N) is 2. The third-order valence-corrected chi connectivity index (χ3v) is 4.85. The molecule has 0 bridgehead atoms. The average Bonchev–Trinajstić information content (AvgIpc) is 2.46. The molecule has 0 aliphatic rings. The Kier molecular flexibility index (Phi) is 4.71. The Bertz CT molecular complexity index is 537. The van der Waals surface area contributed by atoms with Gasteiger partial charge in [-0.05, 0) is 60.5 Å². The Morgan fingerprint density at radius 3 is 2.32 bits per heavy atom. The van der Waals surface area contributed by atoms with Crippen molar-refractivity contribution in [1.29, 1.82) is 0 Å². The van der Waals surface area contributed by atoms with Crippen molar-refractivity contribution in [3.8, 4) is 0 Å². The number of rotatable bonds is 4. The monoisotopic (exact) mass is 364 g/mol. The summed E-state index contributed by atoms with van der Waals surface area (Å²) < 4.78 is -0.241. The van der Waals surface area contributed by atoms with Gasteiger partial charge in [0.05, 0.1) is 5.69 Å². The van der Waals surface area contributed by atoms with Gasteiger partial charge in [-0.15, -0.1) is 0 Å². The molecule has 98 valence electrons. The summed E-state index contributed by atoms with van der Waals surface area (Å²) in [5, 5.41) is 0. The quantitative estimate of drug-likeness (QED) is 0.464. The molecule has 1 unspecified atom stereocenters. The Morgan fingerprint density at radius 2 is 1.74 bits per heavy atom. The van der Waals surface area contributed by atoms with Gasteiger partial charge in [0.2, 0.25) is 0 Å². The molecule has 0 saturated carbocycles. The molecule has 1 aromatic carbocycles. The van der Waals surface area contributed by atoms with Gasteiger partial charge in [0, 0.05) is 6.20 Å². The molecular formula is C16H17IN2. The molecule has 3 heteroatoms. The molecule has 2 nitrogen and oxygen atoms in total. The fourth-order valence-electron chi connectivity index (χ4n) is 1.80. The predicted octanol–water partition coefficient (Wildman–Crippen LogP) is 3.94. The standard InChI is InChI=1S/C16H17IN2/c1-19(2)16(17,15-10-6-7-13-18-15)12-11-14-8-4-3-5-9-14/h3-13H,1-2H3. The second kappa shape index (κ2) is 6.30. The van der Waals surface area contributed by atoms with E-state index in [-0.39, 0.29) is 3.55 Å². The molecule has 0 radical (unpaired) electrons. The Balaban J connectivity index is 2.34. The molecular weight excluding hydrogens is 347 g/mol. The molecule has 2 aromatic rings. The van der Waals surface area contributed by atoms with E-state index in [4.69, 9.17) is 0 Å². The first-order valence-corrected chi connectivity index (χ1v) is 7.23. The van der Waals surface area contributed by atoms with Crippen LogP contribution in [0.1, 0.15) is 11.3 Å². The molecule has 0 fully saturated rings. The van der Waals surface area contributed by atoms with E-state index in [1.165, 1.54) is 5.56 Å². The molecule has 0 saturated heterocycles. The van der Waals surface area contributed by atoms with Gasteiger partial charge in [-0.1, -0.05) is 42.5 Å². The number of aromatic nitrogens is 1. The highest BCUT2D eigenvalue weighted by Crippen LogP contribution is 2.34. The van der Waals surface area contributed by atoms with E-state index in [0.29, 0.717) is 0 Å². The van der Waals surface area contributed by atoms with Gasteiger partial charge in [-0.3, -0.25) is 9.88 Å². The summed E-state index contributed by atoms with van der Waals surface area (Å²) in [7, 11) is 4.13. The van der Waals surface area contributed by atoms with Crippen molar-refractivity contribution in [2.75, 3.05) is 14.1 Å². The Labute approximate surface area is 128 Å². The molecule has 19 heavy (non-hydrogen) atoms. The van der Waals surface area contributed by atoms with Gasteiger partial charge in [-0.2, -0.15) is 0 Å². The maximum atomic E-state index is 4.48. The summed E-state index contributed by atoms with van der Waals surface area (Å²) in [6.07, 6.45) is 6.16. The number of alkyl halides is 1. The summed E-state index contributed by atoms with van der Waals surface area (Å²) >= 11 is 2.43. The van der Waals surface area contributed by atoms with Crippen molar-refractivity contribution < 1.29 is 0 Å². The fourth-order valence-corrected chi connectivity index (χ4v) is 2.30. The number of pyridine rings is 1. The second-order valence-electron chi connectivity index (χ2n) is 4.53. The second-order valence-corrected chi connectivity index (χ2v) is 6.17. The number of halogens is 1. The summed E-state index contributed by atoms with van der Waals surface area (Å²) in [6, 6.07) is 16.3. The summed E-state index contributed by atoms with van der Waals surface area (Å²) in [5.74, 6) is 0. The zero-order valence-corrected chi connectivity index (χ0v) is 13.3. The minimum Gasteiger partial charge on any atom is -0.287 e. The van der Waals surface area contributed by atoms with Crippen LogP contribution in [0.5, 0.6) is 0 Å². The number of hydrogen-bond acceptors (Lipinski definition) is 2. The lowest BCUT2D eigenvalue weighted by Crippen LogP contribution is -2.34. The highest BCUT2D eigenvalue weighted by atomic mass is 127. The van der Waals surface area contributed by atoms with Crippen LogP contribution in [0.25, 0.3) is 6.08 Å². The van der Waals surface area contributed by atoms with Crippen LogP contribution in [-0.2, 0) is 3.55 Å². The smallest absolute Gasteiger partial charge is 0.134 e. The van der Waals surface area contributed by atoms with Gasteiger partial charge in [0.15, 0.2) is 0 Å². The van der Waals surface area contributed by atoms with Gasteiger partial charge in [0.25, 0.3) is 0 Å². The van der Waals surface area contributed by atoms with Crippen LogP contribution in [0.3, 0.4) is 0 Å². The maximum Gasteiger partial charge on any atom is 0.134 e. The van der Waals surface area contributed by atoms with E-state index < -0.39 is 0 Å². The number of likely N-dealkylation sites (N-methyl/N-ethyl adjacent to an activating group) is 1. The SMILES string of the molecule is CN(C)C(I)(C=Cc1ccccc1)c1ccccn1. The minimum absolute atomic E-state index is 0.241. The zero-order chi connectivity index (χ0) is 13.7. The summed E-state index contributed by atoms with van der Waals surface area (Å²) in [4.78, 5) is 6.65. The van der Waals surface area contributed by atoms with Gasteiger partial charge in [-0.25, -0.2) is 0 Å². The lowest BCUT2D eigenvalue weighted by Gasteiger charge is -2.31. The molecule has 0 amide bonds. The topological polar surface area (TPSA) is 16.1 Å². The van der Waals surface area contributed by atoms with E-state index in [1.807, 2.05) is 36.5 Å². The van der Waals surface area contributed by atoms with Crippen molar-refractivity contribution in [3.63, 3.8) is 0 Å². The van der Waals surface area contributed by atoms with Crippen molar-refractivity contribution in [2.24, 2.45) is 0 Å². The summed E-state index contributed by atoms with van der Waals surface area (Å²) in [5.41, 5.74) is 2.23. The van der Waals surface area contributed by atoms with Crippen LogP contribution in [-0.4, -0.2) is 24.0 Å². The van der Waals surface area contributed by atoms with Crippen molar-refractivity contribution in [3.05, 3.63) is 72.1 Å². The fraction of sp³-hybridized carbons (Fsp3) is 0.188. The Morgan fingerprint density at radius 1 is 1.05 bits per heavy atom. The van der Waals surface area contributed by atoms with Crippen LogP contribution in [0.4, 0.5) is 0 Å². The highest BCUT2D eigenvalue weighted by Gasteiger charge is 2.29. The molecule has 0 spiro atoms. The molecule has 2 rings (SSSR count). The van der Waals surface area contributed by atoms with Gasteiger partial charge < -0.3 is 0 Å². The van der Waals surface area contributed by atoms with E-state index in [0.717, 1.165) is 5.69 Å². The number of benzene rings is 1. The van der Waals surface area contributed by atoms with Crippen LogP contribution in [0, 0.1) is 0 Å². The third kappa shape index (κ3) is 3.42. The van der Waals surface area contributed by atoms with E-state index in [1.54, 1.807) is 0 Å². The molecule has 0 aliphatic carbocycles. The molecule has 0 aliphatic heterocycles. The lowest BCUT2D eigenvalue weighted by atomic mass is 10.1. The molecule has 0 N–H and O–H groups in total. The van der Waals surface area contributed by atoms with Crippen LogP contribution >= 0.6 is 22.6 Å². The zero-order valence-electron chi connectivity index (χ0n) is 11.1. The van der Waals surface area contributed by atoms with Crippen LogP contribution < -0.4 is 0 Å². The predicted molar refractivity (Wildman–Crippen MR) is 89.1 cm³/mol. The first kappa shape index (κ1) is 14.2. The van der Waals surface area contributed by atoms with Gasteiger partial charge in [0.1, 0.15) is 3.55 Å². The first-order valence-electron chi connectivity index (χ1n) is 6.15. The van der Waals surface area contributed by atoms with Crippen molar-refractivity contribution in [2.45, 2.75) is 3.55 Å². The van der Waals surface area contributed by atoms with E-state index in [2.05, 4.69) is 76.9 Å². The largest absolute Gasteiger partial charge is 0.287 e. The highest BCUT2D eigenvalue weighted by molar-refractivity contribution is 14.1. The lowest BCUT2D eigenvalue weighted by molar-refractivity contribution is 0.328. The normalized spacial score (nSPS) is 14.7. The minimum atomic E-state index is -0.241. The van der Waals surface area contributed by atoms with Crippen molar-refractivity contribution >= 4 is 28.7 Å². The van der Waals surface area contributed by atoms with Gasteiger partial charge >= 0.3 is 0 Å². The Hall–Kier alpha value is -1.20.